The van der Waals surface area contributed by atoms with Crippen LogP contribution in [0.2, 0.25) is 5.02 Å². The fraction of sp³-hybridized carbons (Fsp3) is 0.455. The second-order valence-corrected chi connectivity index (χ2v) is 3.84. The second-order valence-electron chi connectivity index (χ2n) is 3.43. The molecule has 0 saturated carbocycles. The summed E-state index contributed by atoms with van der Waals surface area (Å²) in [6.07, 6.45) is 0.948. The van der Waals surface area contributed by atoms with Gasteiger partial charge in [0, 0.05) is 17.6 Å². The first-order valence-electron chi connectivity index (χ1n) is 4.91. The summed E-state index contributed by atoms with van der Waals surface area (Å²) >= 11 is 6.02. The highest BCUT2D eigenvalue weighted by Crippen LogP contribution is 2.14. The molecule has 1 unspecified atom stereocenters. The lowest BCUT2D eigenvalue weighted by molar-refractivity contribution is 0.559. The van der Waals surface area contributed by atoms with Gasteiger partial charge in [-0.25, -0.2) is 0 Å². The van der Waals surface area contributed by atoms with E-state index in [0.29, 0.717) is 12.6 Å². The zero-order valence-electron chi connectivity index (χ0n) is 8.46. The molecular weight excluding hydrogens is 196 g/mol. The Morgan fingerprint density at radius 2 is 2.14 bits per heavy atom. The van der Waals surface area contributed by atoms with Crippen LogP contribution in [-0.2, 0) is 6.42 Å². The van der Waals surface area contributed by atoms with Crippen molar-refractivity contribution in [2.45, 2.75) is 19.4 Å². The number of hydrogen-bond donors (Lipinski definition) is 2. The molecule has 78 valence electrons. The summed E-state index contributed by atoms with van der Waals surface area (Å²) in [6.45, 7) is 3.66. The Bertz CT molecular complexity index is 276. The van der Waals surface area contributed by atoms with Crippen molar-refractivity contribution in [3.05, 3.63) is 34.9 Å². The highest BCUT2D eigenvalue weighted by atomic mass is 35.5. The molecule has 0 aliphatic rings. The minimum atomic E-state index is 0.373. The molecule has 2 nitrogen and oxygen atoms in total. The Balaban J connectivity index is 2.35. The Kier molecular flexibility index (Phi) is 4.94. The molecule has 1 aromatic carbocycles. The molecule has 3 heteroatoms. The molecule has 1 atom stereocenters. The maximum Gasteiger partial charge on any atom is 0.0438 e. The summed E-state index contributed by atoms with van der Waals surface area (Å²) in [5.41, 5.74) is 6.68. The van der Waals surface area contributed by atoms with Crippen molar-refractivity contribution in [1.29, 1.82) is 0 Å². The minimum absolute atomic E-state index is 0.373. The number of hydrogen-bond acceptors (Lipinski definition) is 2. The number of benzene rings is 1. The molecule has 3 N–H and O–H groups in total. The van der Waals surface area contributed by atoms with Gasteiger partial charge < -0.3 is 11.1 Å². The fourth-order valence-corrected chi connectivity index (χ4v) is 1.47. The first-order chi connectivity index (χ1) is 6.74. The van der Waals surface area contributed by atoms with Crippen LogP contribution in [0.15, 0.2) is 24.3 Å². The maximum atomic E-state index is 6.02. The Hall–Kier alpha value is -0.570. The van der Waals surface area contributed by atoms with Crippen LogP contribution in [0.4, 0.5) is 0 Å². The number of nitrogens with one attached hydrogen (secondary N) is 1. The van der Waals surface area contributed by atoms with Crippen molar-refractivity contribution in [3.63, 3.8) is 0 Å². The van der Waals surface area contributed by atoms with Crippen molar-refractivity contribution >= 4 is 11.6 Å². The molecular formula is C11H17ClN2. The summed E-state index contributed by atoms with van der Waals surface area (Å²) < 4.78 is 0. The van der Waals surface area contributed by atoms with Gasteiger partial charge in [0.05, 0.1) is 0 Å². The fourth-order valence-electron chi connectivity index (χ4n) is 1.24. The molecule has 0 aliphatic carbocycles. The molecule has 0 saturated heterocycles. The third-order valence-corrected chi connectivity index (χ3v) is 2.57. The van der Waals surface area contributed by atoms with Crippen LogP contribution >= 0.6 is 11.6 Å². The van der Waals surface area contributed by atoms with Gasteiger partial charge in [0.15, 0.2) is 0 Å². The lowest BCUT2D eigenvalue weighted by Gasteiger charge is -2.11. The van der Waals surface area contributed by atoms with E-state index in [-0.39, 0.29) is 0 Å². The van der Waals surface area contributed by atoms with Crippen molar-refractivity contribution in [2.24, 2.45) is 5.73 Å². The van der Waals surface area contributed by atoms with Crippen LogP contribution in [0, 0.1) is 0 Å². The van der Waals surface area contributed by atoms with Gasteiger partial charge in [0.25, 0.3) is 0 Å². The van der Waals surface area contributed by atoms with E-state index >= 15 is 0 Å². The molecule has 0 amide bonds. The average molecular weight is 213 g/mol. The molecule has 14 heavy (non-hydrogen) atoms. The lowest BCUT2D eigenvalue weighted by atomic mass is 10.1. The summed E-state index contributed by atoms with van der Waals surface area (Å²) in [7, 11) is 0. The van der Waals surface area contributed by atoms with E-state index in [1.165, 1.54) is 5.56 Å². The van der Waals surface area contributed by atoms with E-state index in [0.717, 1.165) is 18.0 Å². The average Bonchev–Trinajstić information content (AvgIpc) is 2.20. The van der Waals surface area contributed by atoms with E-state index in [9.17, 15) is 0 Å². The third kappa shape index (κ3) is 3.66. The molecule has 0 bridgehead atoms. The summed E-state index contributed by atoms with van der Waals surface area (Å²) in [4.78, 5) is 0. The standard InChI is InChI=1S/C11H17ClN2/c1-9(8-13)14-7-6-10-4-2-3-5-11(10)12/h2-5,9,14H,6-8,13H2,1H3. The molecule has 0 radical (unpaired) electrons. The highest BCUT2D eigenvalue weighted by molar-refractivity contribution is 6.31. The second kappa shape index (κ2) is 6.02. The predicted molar refractivity (Wildman–Crippen MR) is 61.7 cm³/mol. The molecule has 1 aromatic rings. The predicted octanol–water partition coefficient (Wildman–Crippen LogP) is 1.82. The zero-order chi connectivity index (χ0) is 10.4. The molecule has 0 fully saturated rings. The van der Waals surface area contributed by atoms with Crippen molar-refractivity contribution in [1.82, 2.24) is 5.32 Å². The van der Waals surface area contributed by atoms with Gasteiger partial charge in [-0.1, -0.05) is 29.8 Å². The molecule has 0 spiro atoms. The van der Waals surface area contributed by atoms with E-state index in [1.807, 2.05) is 18.2 Å². The topological polar surface area (TPSA) is 38.0 Å². The molecule has 0 aromatic heterocycles. The van der Waals surface area contributed by atoms with Gasteiger partial charge in [-0.05, 0) is 31.5 Å². The van der Waals surface area contributed by atoms with Gasteiger partial charge in [-0.3, -0.25) is 0 Å². The van der Waals surface area contributed by atoms with Crippen LogP contribution < -0.4 is 11.1 Å². The first-order valence-corrected chi connectivity index (χ1v) is 5.28. The van der Waals surface area contributed by atoms with Crippen molar-refractivity contribution in [2.75, 3.05) is 13.1 Å². The monoisotopic (exact) mass is 212 g/mol. The molecule has 1 rings (SSSR count). The smallest absolute Gasteiger partial charge is 0.0438 e. The Labute approximate surface area is 90.4 Å². The zero-order valence-corrected chi connectivity index (χ0v) is 9.22. The highest BCUT2D eigenvalue weighted by Gasteiger charge is 2.00. The summed E-state index contributed by atoms with van der Waals surface area (Å²) in [5, 5.41) is 4.17. The number of nitrogens with two attached hydrogens (primary N) is 1. The third-order valence-electron chi connectivity index (χ3n) is 2.20. The van der Waals surface area contributed by atoms with Gasteiger partial charge in [0.2, 0.25) is 0 Å². The molecule has 0 aliphatic heterocycles. The van der Waals surface area contributed by atoms with Gasteiger partial charge >= 0.3 is 0 Å². The quantitative estimate of drug-likeness (QED) is 0.782. The van der Waals surface area contributed by atoms with Crippen LogP contribution in [0.3, 0.4) is 0 Å². The van der Waals surface area contributed by atoms with E-state index in [4.69, 9.17) is 17.3 Å². The van der Waals surface area contributed by atoms with E-state index in [2.05, 4.69) is 18.3 Å². The minimum Gasteiger partial charge on any atom is -0.329 e. The summed E-state index contributed by atoms with van der Waals surface area (Å²) in [6, 6.07) is 8.30. The maximum absolute atomic E-state index is 6.02. The Morgan fingerprint density at radius 1 is 1.43 bits per heavy atom. The summed E-state index contributed by atoms with van der Waals surface area (Å²) in [5.74, 6) is 0. The van der Waals surface area contributed by atoms with Crippen molar-refractivity contribution in [3.8, 4) is 0 Å². The van der Waals surface area contributed by atoms with E-state index in [1.54, 1.807) is 0 Å². The van der Waals surface area contributed by atoms with Crippen LogP contribution in [0.1, 0.15) is 12.5 Å². The van der Waals surface area contributed by atoms with Gasteiger partial charge in [-0.15, -0.1) is 0 Å². The first kappa shape index (κ1) is 11.5. The number of rotatable bonds is 5. The lowest BCUT2D eigenvalue weighted by Crippen LogP contribution is -2.34. The number of halogens is 1. The van der Waals surface area contributed by atoms with Crippen LogP contribution in [-0.4, -0.2) is 19.1 Å². The molecule has 0 heterocycles. The normalized spacial score (nSPS) is 12.8. The largest absolute Gasteiger partial charge is 0.329 e. The van der Waals surface area contributed by atoms with Crippen LogP contribution in [0.25, 0.3) is 0 Å². The SMILES string of the molecule is CC(CN)NCCc1ccccc1Cl. The van der Waals surface area contributed by atoms with Crippen molar-refractivity contribution < 1.29 is 0 Å². The van der Waals surface area contributed by atoms with Gasteiger partial charge in [0.1, 0.15) is 0 Å². The van der Waals surface area contributed by atoms with E-state index < -0.39 is 0 Å². The van der Waals surface area contributed by atoms with Gasteiger partial charge in [-0.2, -0.15) is 0 Å². The Morgan fingerprint density at radius 3 is 2.79 bits per heavy atom. The van der Waals surface area contributed by atoms with Crippen LogP contribution in [0.5, 0.6) is 0 Å².